The highest BCUT2D eigenvalue weighted by Crippen LogP contribution is 2.24. The lowest BCUT2D eigenvalue weighted by Gasteiger charge is -2.11. The van der Waals surface area contributed by atoms with Crippen LogP contribution in [0.2, 0.25) is 5.02 Å². The maximum Gasteiger partial charge on any atom is 0.224 e. The zero-order chi connectivity index (χ0) is 19.2. The molecule has 0 spiro atoms. The zero-order valence-corrected chi connectivity index (χ0v) is 15.8. The predicted molar refractivity (Wildman–Crippen MR) is 109 cm³/mol. The molecule has 0 atom stereocenters. The summed E-state index contributed by atoms with van der Waals surface area (Å²) in [7, 11) is 0. The van der Waals surface area contributed by atoms with Gasteiger partial charge < -0.3 is 5.32 Å². The summed E-state index contributed by atoms with van der Waals surface area (Å²) in [6, 6.07) is 22.0. The summed E-state index contributed by atoms with van der Waals surface area (Å²) < 4.78 is 0. The number of aryl methyl sites for hydroxylation is 2. The summed E-state index contributed by atoms with van der Waals surface area (Å²) >= 11 is 6.07. The van der Waals surface area contributed by atoms with Crippen LogP contribution in [0.3, 0.4) is 0 Å². The number of benzene rings is 3. The van der Waals surface area contributed by atoms with Gasteiger partial charge in [-0.1, -0.05) is 71.8 Å². The molecular formula is C23H20ClNO2. The Hall–Kier alpha value is -2.91. The third kappa shape index (κ3) is 5.05. The van der Waals surface area contributed by atoms with Crippen LogP contribution in [0.15, 0.2) is 72.8 Å². The first-order valence-corrected chi connectivity index (χ1v) is 9.15. The Morgan fingerprint density at radius 2 is 1.63 bits per heavy atom. The first-order valence-electron chi connectivity index (χ1n) is 8.77. The van der Waals surface area contributed by atoms with Crippen LogP contribution in [-0.2, 0) is 11.2 Å². The molecule has 0 unspecified atom stereocenters. The Morgan fingerprint density at radius 3 is 2.33 bits per heavy atom. The minimum absolute atomic E-state index is 0.139. The molecule has 136 valence electrons. The van der Waals surface area contributed by atoms with Crippen LogP contribution in [0.1, 0.15) is 33.5 Å². The number of carbonyl (C=O) groups is 2. The van der Waals surface area contributed by atoms with E-state index in [0.717, 1.165) is 5.56 Å². The van der Waals surface area contributed by atoms with Crippen molar-refractivity contribution in [3.8, 4) is 0 Å². The van der Waals surface area contributed by atoms with Crippen molar-refractivity contribution in [2.24, 2.45) is 0 Å². The Morgan fingerprint density at radius 1 is 0.926 bits per heavy atom. The number of anilines is 1. The molecule has 0 saturated heterocycles. The number of rotatable bonds is 6. The van der Waals surface area contributed by atoms with Crippen molar-refractivity contribution in [2.75, 3.05) is 5.32 Å². The highest BCUT2D eigenvalue weighted by molar-refractivity contribution is 6.31. The van der Waals surface area contributed by atoms with Gasteiger partial charge in [-0.2, -0.15) is 0 Å². The van der Waals surface area contributed by atoms with E-state index in [4.69, 9.17) is 11.6 Å². The molecular weight excluding hydrogens is 358 g/mol. The Labute approximate surface area is 164 Å². The second-order valence-corrected chi connectivity index (χ2v) is 6.86. The molecule has 0 fully saturated rings. The fraction of sp³-hybridized carbons (Fsp3) is 0.130. The minimum atomic E-state index is -0.174. The van der Waals surface area contributed by atoms with Crippen LogP contribution < -0.4 is 5.32 Å². The van der Waals surface area contributed by atoms with Crippen molar-refractivity contribution in [3.05, 3.63) is 100 Å². The van der Waals surface area contributed by atoms with Crippen molar-refractivity contribution in [1.29, 1.82) is 0 Å². The summed E-state index contributed by atoms with van der Waals surface area (Å²) in [4.78, 5) is 25.2. The van der Waals surface area contributed by atoms with E-state index < -0.39 is 0 Å². The smallest absolute Gasteiger partial charge is 0.224 e. The third-order valence-electron chi connectivity index (χ3n) is 4.30. The highest BCUT2D eigenvalue weighted by Gasteiger charge is 2.16. The summed E-state index contributed by atoms with van der Waals surface area (Å²) in [5.74, 6) is -0.313. The predicted octanol–water partition coefficient (Wildman–Crippen LogP) is 5.45. The van der Waals surface area contributed by atoms with Gasteiger partial charge in [-0.15, -0.1) is 0 Å². The number of nitrogens with one attached hydrogen (secondary N) is 1. The van der Waals surface area contributed by atoms with Crippen LogP contribution in [0.5, 0.6) is 0 Å². The lowest BCUT2D eigenvalue weighted by atomic mass is 10.0. The number of ketones is 1. The fourth-order valence-corrected chi connectivity index (χ4v) is 2.96. The normalized spacial score (nSPS) is 10.4. The maximum absolute atomic E-state index is 12.8. The molecule has 0 heterocycles. The van der Waals surface area contributed by atoms with Crippen molar-refractivity contribution >= 4 is 29.0 Å². The van der Waals surface area contributed by atoms with Gasteiger partial charge in [0.15, 0.2) is 5.78 Å². The van der Waals surface area contributed by atoms with Crippen LogP contribution >= 0.6 is 11.6 Å². The van der Waals surface area contributed by atoms with Gasteiger partial charge in [0, 0.05) is 22.6 Å². The standard InChI is InChI=1S/C23H20ClNO2/c1-16-7-9-17(10-8-16)11-14-22(26)25-21-13-12-19(24)15-20(21)23(27)18-5-3-2-4-6-18/h2-10,12-13,15H,11,14H2,1H3,(H,25,26). The number of hydrogen-bond acceptors (Lipinski definition) is 2. The average Bonchev–Trinajstić information content (AvgIpc) is 2.69. The molecule has 3 nitrogen and oxygen atoms in total. The van der Waals surface area contributed by atoms with Gasteiger partial charge in [0.25, 0.3) is 0 Å². The molecule has 0 radical (unpaired) electrons. The van der Waals surface area contributed by atoms with Crippen molar-refractivity contribution in [1.82, 2.24) is 0 Å². The monoisotopic (exact) mass is 377 g/mol. The quantitative estimate of drug-likeness (QED) is 0.580. The third-order valence-corrected chi connectivity index (χ3v) is 4.53. The van der Waals surface area contributed by atoms with Gasteiger partial charge in [0.05, 0.1) is 5.69 Å². The molecule has 1 amide bonds. The highest BCUT2D eigenvalue weighted by atomic mass is 35.5. The van der Waals surface area contributed by atoms with Crippen LogP contribution in [0, 0.1) is 6.92 Å². The van der Waals surface area contributed by atoms with Gasteiger partial charge in [-0.3, -0.25) is 9.59 Å². The molecule has 0 bridgehead atoms. The van der Waals surface area contributed by atoms with Gasteiger partial charge in [0.2, 0.25) is 5.91 Å². The molecule has 0 aliphatic heterocycles. The lowest BCUT2D eigenvalue weighted by Crippen LogP contribution is -2.15. The first kappa shape index (κ1) is 18.9. The number of hydrogen-bond donors (Lipinski definition) is 1. The van der Waals surface area contributed by atoms with Crippen molar-refractivity contribution in [2.45, 2.75) is 19.8 Å². The molecule has 4 heteroatoms. The Bertz CT molecular complexity index is 950. The Kier molecular flexibility index (Phi) is 6.05. The first-order chi connectivity index (χ1) is 13.0. The number of carbonyl (C=O) groups excluding carboxylic acids is 2. The summed E-state index contributed by atoms with van der Waals surface area (Å²) in [6.45, 7) is 2.03. The number of amides is 1. The maximum atomic E-state index is 12.8. The second-order valence-electron chi connectivity index (χ2n) is 6.42. The second kappa shape index (κ2) is 8.65. The topological polar surface area (TPSA) is 46.2 Å². The summed E-state index contributed by atoms with van der Waals surface area (Å²) in [5, 5.41) is 3.30. The fourth-order valence-electron chi connectivity index (χ4n) is 2.78. The molecule has 0 aliphatic rings. The van der Waals surface area contributed by atoms with Crippen molar-refractivity contribution < 1.29 is 9.59 Å². The van der Waals surface area contributed by atoms with Crippen LogP contribution in [0.25, 0.3) is 0 Å². The molecule has 0 saturated carbocycles. The molecule has 1 N–H and O–H groups in total. The molecule has 27 heavy (non-hydrogen) atoms. The summed E-state index contributed by atoms with van der Waals surface area (Å²) in [6.07, 6.45) is 0.978. The summed E-state index contributed by atoms with van der Waals surface area (Å²) in [5.41, 5.74) is 3.70. The average molecular weight is 378 g/mol. The van der Waals surface area contributed by atoms with Gasteiger partial charge in [0.1, 0.15) is 0 Å². The van der Waals surface area contributed by atoms with E-state index in [0.29, 0.717) is 34.7 Å². The van der Waals surface area contributed by atoms with Crippen molar-refractivity contribution in [3.63, 3.8) is 0 Å². The van der Waals surface area contributed by atoms with E-state index in [-0.39, 0.29) is 11.7 Å². The zero-order valence-electron chi connectivity index (χ0n) is 15.0. The van der Waals surface area contributed by atoms with E-state index in [2.05, 4.69) is 5.32 Å². The van der Waals surface area contributed by atoms with E-state index >= 15 is 0 Å². The molecule has 3 aromatic rings. The van der Waals surface area contributed by atoms with Gasteiger partial charge in [-0.05, 0) is 37.1 Å². The van der Waals surface area contributed by atoms with E-state index in [9.17, 15) is 9.59 Å². The molecule has 0 aromatic heterocycles. The van der Waals surface area contributed by atoms with E-state index in [1.807, 2.05) is 37.3 Å². The minimum Gasteiger partial charge on any atom is -0.325 e. The number of halogens is 1. The SMILES string of the molecule is Cc1ccc(CCC(=O)Nc2ccc(Cl)cc2C(=O)c2ccccc2)cc1. The van der Waals surface area contributed by atoms with E-state index in [1.165, 1.54) is 5.56 Å². The molecule has 0 aliphatic carbocycles. The Balaban J connectivity index is 1.73. The largest absolute Gasteiger partial charge is 0.325 e. The van der Waals surface area contributed by atoms with E-state index in [1.54, 1.807) is 42.5 Å². The molecule has 3 aromatic carbocycles. The van der Waals surface area contributed by atoms with Crippen LogP contribution in [-0.4, -0.2) is 11.7 Å². The van der Waals surface area contributed by atoms with Gasteiger partial charge in [-0.25, -0.2) is 0 Å². The van der Waals surface area contributed by atoms with Gasteiger partial charge >= 0.3 is 0 Å². The molecule has 3 rings (SSSR count). The van der Waals surface area contributed by atoms with Crippen LogP contribution in [0.4, 0.5) is 5.69 Å². The lowest BCUT2D eigenvalue weighted by molar-refractivity contribution is -0.116.